The number of anilines is 2. The molecule has 0 unspecified atom stereocenters. The Morgan fingerprint density at radius 1 is 0.611 bits per heavy atom. The second kappa shape index (κ2) is 12.1. The molecule has 0 radical (unpaired) electrons. The average Bonchev–Trinajstić information content (AvgIpc) is 2.92. The highest BCUT2D eigenvalue weighted by molar-refractivity contribution is 5.92. The minimum absolute atomic E-state index is 0.354. The Morgan fingerprint density at radius 2 is 0.917 bits per heavy atom. The number of nitrogens with zero attached hydrogens (tertiary/aromatic N) is 2. The van der Waals surface area contributed by atoms with E-state index in [1.165, 1.54) is 28.1 Å². The first-order valence-electron chi connectivity index (χ1n) is 11.5. The first-order valence-corrected chi connectivity index (χ1v) is 11.5. The third-order valence-electron chi connectivity index (χ3n) is 5.85. The Labute approximate surface area is 209 Å². The van der Waals surface area contributed by atoms with Gasteiger partial charge in [-0.1, -0.05) is 0 Å². The molecule has 2 aromatic rings. The number of esters is 4. The predicted molar refractivity (Wildman–Crippen MR) is 131 cm³/mol. The highest BCUT2D eigenvalue weighted by Gasteiger charge is 2.22. The highest BCUT2D eigenvalue weighted by Crippen LogP contribution is 2.22. The molecule has 10 heteroatoms. The lowest BCUT2D eigenvalue weighted by Crippen LogP contribution is -2.46. The molecule has 3 rings (SSSR count). The average molecular weight is 499 g/mol. The van der Waals surface area contributed by atoms with Gasteiger partial charge in [0.2, 0.25) is 0 Å². The number of hydrogen-bond donors (Lipinski definition) is 0. The van der Waals surface area contributed by atoms with E-state index < -0.39 is 36.1 Å². The first-order chi connectivity index (χ1) is 17.2. The van der Waals surface area contributed by atoms with Crippen molar-refractivity contribution in [2.45, 2.75) is 26.1 Å². The molecule has 2 aromatic carbocycles. The van der Waals surface area contributed by atoms with Crippen molar-refractivity contribution in [3.05, 3.63) is 59.7 Å². The number of piperazine rings is 1. The van der Waals surface area contributed by atoms with E-state index in [1.54, 1.807) is 24.3 Å². The van der Waals surface area contributed by atoms with Crippen molar-refractivity contribution in [1.82, 2.24) is 0 Å². The summed E-state index contributed by atoms with van der Waals surface area (Å²) in [6, 6.07) is 14.1. The van der Waals surface area contributed by atoms with Crippen LogP contribution >= 0.6 is 0 Å². The van der Waals surface area contributed by atoms with Gasteiger partial charge in [0.15, 0.2) is 12.2 Å². The SMILES string of the molecule is COC(=O)[C@H](C)OC(=O)c1ccc(N2CCN(c3ccc(C(=O)O[C@@H](C)C(=O)OC)cc3)CC2)cc1. The molecule has 1 aliphatic heterocycles. The van der Waals surface area contributed by atoms with Crippen LogP contribution in [0.2, 0.25) is 0 Å². The summed E-state index contributed by atoms with van der Waals surface area (Å²) in [4.78, 5) is 51.8. The second-order valence-corrected chi connectivity index (χ2v) is 8.21. The van der Waals surface area contributed by atoms with E-state index in [9.17, 15) is 19.2 Å². The molecule has 1 saturated heterocycles. The maximum atomic E-state index is 12.2. The van der Waals surface area contributed by atoms with Crippen molar-refractivity contribution >= 4 is 35.3 Å². The molecule has 1 fully saturated rings. The van der Waals surface area contributed by atoms with Gasteiger partial charge in [-0.15, -0.1) is 0 Å². The highest BCUT2D eigenvalue weighted by atomic mass is 16.6. The summed E-state index contributed by atoms with van der Waals surface area (Å²) in [5.74, 6) is -2.39. The summed E-state index contributed by atoms with van der Waals surface area (Å²) < 4.78 is 19.4. The minimum Gasteiger partial charge on any atom is -0.466 e. The van der Waals surface area contributed by atoms with Gasteiger partial charge in [0.05, 0.1) is 25.3 Å². The predicted octanol–water partition coefficient (Wildman–Crippen LogP) is 2.45. The van der Waals surface area contributed by atoms with Crippen molar-refractivity contribution < 1.29 is 38.1 Å². The fraction of sp³-hybridized carbons (Fsp3) is 0.385. The summed E-state index contributed by atoms with van der Waals surface area (Å²) in [6.45, 7) is 5.99. The number of benzene rings is 2. The summed E-state index contributed by atoms with van der Waals surface area (Å²) >= 11 is 0. The van der Waals surface area contributed by atoms with Gasteiger partial charge in [-0.05, 0) is 62.4 Å². The zero-order chi connectivity index (χ0) is 26.2. The van der Waals surface area contributed by atoms with Crippen LogP contribution < -0.4 is 9.80 Å². The van der Waals surface area contributed by atoms with Crippen LogP contribution in [0.15, 0.2) is 48.5 Å². The van der Waals surface area contributed by atoms with E-state index in [0.29, 0.717) is 11.1 Å². The van der Waals surface area contributed by atoms with E-state index in [0.717, 1.165) is 37.6 Å². The molecule has 2 atom stereocenters. The van der Waals surface area contributed by atoms with Crippen LogP contribution in [0, 0.1) is 0 Å². The molecule has 192 valence electrons. The van der Waals surface area contributed by atoms with Gasteiger partial charge in [-0.25, -0.2) is 19.2 Å². The van der Waals surface area contributed by atoms with Gasteiger partial charge in [-0.3, -0.25) is 0 Å². The molecule has 0 spiro atoms. The molecule has 0 amide bonds. The fourth-order valence-corrected chi connectivity index (χ4v) is 3.72. The number of rotatable bonds is 8. The van der Waals surface area contributed by atoms with Crippen molar-refractivity contribution in [3.63, 3.8) is 0 Å². The van der Waals surface area contributed by atoms with Crippen molar-refractivity contribution in [3.8, 4) is 0 Å². The minimum atomic E-state index is -0.974. The van der Waals surface area contributed by atoms with Crippen molar-refractivity contribution in [1.29, 1.82) is 0 Å². The largest absolute Gasteiger partial charge is 0.466 e. The lowest BCUT2D eigenvalue weighted by Gasteiger charge is -2.37. The van der Waals surface area contributed by atoms with Crippen LogP contribution in [0.5, 0.6) is 0 Å². The van der Waals surface area contributed by atoms with Gasteiger partial charge in [0.25, 0.3) is 0 Å². The van der Waals surface area contributed by atoms with E-state index in [4.69, 9.17) is 9.47 Å². The summed E-state index contributed by atoms with van der Waals surface area (Å²) in [6.07, 6.45) is -1.95. The normalized spacial score (nSPS) is 14.9. The molecule has 10 nitrogen and oxygen atoms in total. The van der Waals surface area contributed by atoms with Gasteiger partial charge in [0.1, 0.15) is 0 Å². The van der Waals surface area contributed by atoms with Gasteiger partial charge >= 0.3 is 23.9 Å². The smallest absolute Gasteiger partial charge is 0.346 e. The molecule has 0 aliphatic carbocycles. The number of ether oxygens (including phenoxy) is 4. The third kappa shape index (κ3) is 6.53. The van der Waals surface area contributed by atoms with E-state index in [-0.39, 0.29) is 0 Å². The number of carbonyl (C=O) groups is 4. The van der Waals surface area contributed by atoms with Crippen LogP contribution in [-0.4, -0.2) is 76.5 Å². The molecule has 0 bridgehead atoms. The first kappa shape index (κ1) is 26.5. The Hall–Kier alpha value is -4.08. The molecule has 1 aliphatic rings. The Balaban J connectivity index is 1.52. The van der Waals surface area contributed by atoms with Crippen molar-refractivity contribution in [2.24, 2.45) is 0 Å². The topological polar surface area (TPSA) is 112 Å². The monoisotopic (exact) mass is 498 g/mol. The fourth-order valence-electron chi connectivity index (χ4n) is 3.72. The molecular weight excluding hydrogens is 468 g/mol. The van der Waals surface area contributed by atoms with Crippen LogP contribution in [0.25, 0.3) is 0 Å². The molecule has 0 aromatic heterocycles. The van der Waals surface area contributed by atoms with Crippen molar-refractivity contribution in [2.75, 3.05) is 50.2 Å². The van der Waals surface area contributed by atoms with Gasteiger partial charge in [-0.2, -0.15) is 0 Å². The summed E-state index contributed by atoms with van der Waals surface area (Å²) in [5, 5.41) is 0. The quantitative estimate of drug-likeness (QED) is 0.397. The number of methoxy groups -OCH3 is 2. The van der Waals surface area contributed by atoms with Crippen LogP contribution in [0.4, 0.5) is 11.4 Å². The van der Waals surface area contributed by atoms with E-state index in [1.807, 2.05) is 24.3 Å². The van der Waals surface area contributed by atoms with E-state index in [2.05, 4.69) is 19.3 Å². The van der Waals surface area contributed by atoms with Crippen LogP contribution in [-0.2, 0) is 28.5 Å². The molecule has 1 heterocycles. The van der Waals surface area contributed by atoms with Gasteiger partial charge in [0, 0.05) is 37.6 Å². The Morgan fingerprint density at radius 3 is 1.19 bits per heavy atom. The van der Waals surface area contributed by atoms with Gasteiger partial charge < -0.3 is 28.7 Å². The van der Waals surface area contributed by atoms with E-state index >= 15 is 0 Å². The lowest BCUT2D eigenvalue weighted by atomic mass is 10.1. The molecule has 36 heavy (non-hydrogen) atoms. The van der Waals surface area contributed by atoms with Crippen LogP contribution in [0.1, 0.15) is 34.6 Å². The lowest BCUT2D eigenvalue weighted by molar-refractivity contribution is -0.150. The number of hydrogen-bond acceptors (Lipinski definition) is 10. The third-order valence-corrected chi connectivity index (χ3v) is 5.85. The Bertz CT molecular complexity index is 989. The maximum absolute atomic E-state index is 12.2. The van der Waals surface area contributed by atoms with Crippen LogP contribution in [0.3, 0.4) is 0 Å². The zero-order valence-corrected chi connectivity index (χ0v) is 20.8. The zero-order valence-electron chi connectivity index (χ0n) is 20.8. The number of carbonyl (C=O) groups excluding carboxylic acids is 4. The molecular formula is C26H30N2O8. The second-order valence-electron chi connectivity index (χ2n) is 8.21. The molecule has 0 N–H and O–H groups in total. The summed E-state index contributed by atoms with van der Waals surface area (Å²) in [5.41, 5.74) is 2.66. The standard InChI is InChI=1S/C26H30N2O8/c1-17(23(29)33-3)35-25(31)19-5-9-21(10-6-19)27-13-15-28(16-14-27)22-11-7-20(8-12-22)26(32)36-18(2)24(30)34-4/h5-12,17-18H,13-16H2,1-4H3/t17-,18-/m0/s1. The Kier molecular flexibility index (Phi) is 8.88. The summed E-state index contributed by atoms with van der Waals surface area (Å²) in [7, 11) is 2.48. The maximum Gasteiger partial charge on any atom is 0.346 e. The molecule has 0 saturated carbocycles.